The number of aromatic nitrogens is 1. The standard InChI is InChI=1S/C13H18N2/c1-2-4-7-13(6-3-1)9-11-5-8-14-10-12(11)15-13/h5,8,10,15H,1-4,6-7,9H2. The minimum atomic E-state index is 0.377. The van der Waals surface area contributed by atoms with Gasteiger partial charge in [0, 0.05) is 11.7 Å². The summed E-state index contributed by atoms with van der Waals surface area (Å²) in [7, 11) is 0. The van der Waals surface area contributed by atoms with Gasteiger partial charge >= 0.3 is 0 Å². The van der Waals surface area contributed by atoms with Crippen LogP contribution in [0.1, 0.15) is 44.1 Å². The molecule has 1 saturated carbocycles. The predicted molar refractivity (Wildman–Crippen MR) is 62.0 cm³/mol. The molecule has 0 bridgehead atoms. The lowest BCUT2D eigenvalue weighted by molar-refractivity contribution is 0.422. The summed E-state index contributed by atoms with van der Waals surface area (Å²) in [6.45, 7) is 0. The third kappa shape index (κ3) is 1.62. The minimum Gasteiger partial charge on any atom is -0.378 e. The molecule has 0 saturated heterocycles. The van der Waals surface area contributed by atoms with E-state index in [0.717, 1.165) is 0 Å². The minimum absolute atomic E-state index is 0.377. The van der Waals surface area contributed by atoms with Crippen molar-refractivity contribution in [2.45, 2.75) is 50.5 Å². The Kier molecular flexibility index (Phi) is 2.15. The van der Waals surface area contributed by atoms with Crippen molar-refractivity contribution in [1.82, 2.24) is 4.98 Å². The average molecular weight is 202 g/mol. The highest BCUT2D eigenvalue weighted by Gasteiger charge is 2.36. The molecular weight excluding hydrogens is 184 g/mol. The summed E-state index contributed by atoms with van der Waals surface area (Å²) in [5.74, 6) is 0. The molecule has 80 valence electrons. The van der Waals surface area contributed by atoms with E-state index >= 15 is 0 Å². The SMILES string of the molecule is c1cc2c(cn1)NC1(CCCCCC1)C2. The van der Waals surface area contributed by atoms with E-state index in [1.807, 2.05) is 12.4 Å². The van der Waals surface area contributed by atoms with Gasteiger partial charge < -0.3 is 5.32 Å². The Hall–Kier alpha value is -1.05. The summed E-state index contributed by atoms with van der Waals surface area (Å²) in [5.41, 5.74) is 3.12. The number of rotatable bonds is 0. The molecule has 2 aliphatic rings. The molecule has 2 nitrogen and oxygen atoms in total. The van der Waals surface area contributed by atoms with E-state index in [0.29, 0.717) is 5.54 Å². The third-order valence-electron chi connectivity index (χ3n) is 3.90. The molecule has 1 aliphatic heterocycles. The molecule has 2 heterocycles. The van der Waals surface area contributed by atoms with Crippen molar-refractivity contribution in [3.63, 3.8) is 0 Å². The van der Waals surface area contributed by atoms with E-state index in [1.54, 1.807) is 0 Å². The van der Waals surface area contributed by atoms with Gasteiger partial charge in [-0.3, -0.25) is 4.98 Å². The zero-order chi connectivity index (χ0) is 10.1. The number of fused-ring (bicyclic) bond motifs is 1. The summed E-state index contributed by atoms with van der Waals surface area (Å²) in [6.07, 6.45) is 13.4. The van der Waals surface area contributed by atoms with Gasteiger partial charge in [0.25, 0.3) is 0 Å². The number of nitrogens with one attached hydrogen (secondary N) is 1. The molecule has 0 atom stereocenters. The van der Waals surface area contributed by atoms with Crippen LogP contribution < -0.4 is 5.32 Å². The zero-order valence-electron chi connectivity index (χ0n) is 9.13. The fraction of sp³-hybridized carbons (Fsp3) is 0.615. The lowest BCUT2D eigenvalue weighted by Crippen LogP contribution is -2.35. The van der Waals surface area contributed by atoms with E-state index in [-0.39, 0.29) is 0 Å². The van der Waals surface area contributed by atoms with Crippen LogP contribution in [-0.4, -0.2) is 10.5 Å². The molecule has 0 amide bonds. The Labute approximate surface area is 91.1 Å². The highest BCUT2D eigenvalue weighted by molar-refractivity contribution is 5.57. The smallest absolute Gasteiger partial charge is 0.0564 e. The number of hydrogen-bond donors (Lipinski definition) is 1. The first-order valence-electron chi connectivity index (χ1n) is 6.09. The van der Waals surface area contributed by atoms with Gasteiger partial charge in [0.15, 0.2) is 0 Å². The third-order valence-corrected chi connectivity index (χ3v) is 3.90. The van der Waals surface area contributed by atoms with Gasteiger partial charge in [0.2, 0.25) is 0 Å². The molecule has 3 rings (SSSR count). The van der Waals surface area contributed by atoms with Crippen LogP contribution in [0.3, 0.4) is 0 Å². The lowest BCUT2D eigenvalue weighted by Gasteiger charge is -2.28. The van der Waals surface area contributed by atoms with Gasteiger partial charge in [0.1, 0.15) is 0 Å². The van der Waals surface area contributed by atoms with E-state index in [2.05, 4.69) is 16.4 Å². The summed E-state index contributed by atoms with van der Waals surface area (Å²) in [6, 6.07) is 2.17. The topological polar surface area (TPSA) is 24.9 Å². The van der Waals surface area contributed by atoms with E-state index < -0.39 is 0 Å². The zero-order valence-corrected chi connectivity index (χ0v) is 9.13. The van der Waals surface area contributed by atoms with Crippen molar-refractivity contribution >= 4 is 5.69 Å². The molecule has 1 N–H and O–H groups in total. The van der Waals surface area contributed by atoms with Crippen molar-refractivity contribution in [2.24, 2.45) is 0 Å². The van der Waals surface area contributed by atoms with Crippen LogP contribution in [0.5, 0.6) is 0 Å². The molecule has 1 aromatic rings. The van der Waals surface area contributed by atoms with Crippen LogP contribution >= 0.6 is 0 Å². The van der Waals surface area contributed by atoms with Crippen LogP contribution in [0, 0.1) is 0 Å². The summed E-state index contributed by atoms with van der Waals surface area (Å²) in [5, 5.41) is 3.73. The molecule has 0 unspecified atom stereocenters. The van der Waals surface area contributed by atoms with E-state index in [1.165, 1.54) is 56.2 Å². The summed E-state index contributed by atoms with van der Waals surface area (Å²) < 4.78 is 0. The number of anilines is 1. The molecule has 0 radical (unpaired) electrons. The normalized spacial score (nSPS) is 23.2. The fourth-order valence-corrected chi connectivity index (χ4v) is 3.09. The van der Waals surface area contributed by atoms with Gasteiger partial charge in [-0.2, -0.15) is 0 Å². The second-order valence-corrected chi connectivity index (χ2v) is 5.03. The van der Waals surface area contributed by atoms with Gasteiger partial charge in [-0.25, -0.2) is 0 Å². The summed E-state index contributed by atoms with van der Waals surface area (Å²) in [4.78, 5) is 4.20. The van der Waals surface area contributed by atoms with Crippen molar-refractivity contribution in [3.8, 4) is 0 Å². The molecule has 1 fully saturated rings. The van der Waals surface area contributed by atoms with E-state index in [9.17, 15) is 0 Å². The largest absolute Gasteiger partial charge is 0.378 e. The number of hydrogen-bond acceptors (Lipinski definition) is 2. The Morgan fingerprint density at radius 3 is 2.67 bits per heavy atom. The highest BCUT2D eigenvalue weighted by Crippen LogP contribution is 2.40. The fourth-order valence-electron chi connectivity index (χ4n) is 3.09. The Morgan fingerprint density at radius 2 is 1.93 bits per heavy atom. The van der Waals surface area contributed by atoms with Crippen LogP contribution in [0.4, 0.5) is 5.69 Å². The summed E-state index contributed by atoms with van der Waals surface area (Å²) >= 11 is 0. The molecule has 0 aromatic carbocycles. The van der Waals surface area contributed by atoms with Gasteiger partial charge in [-0.1, -0.05) is 25.7 Å². The molecule has 1 spiro atoms. The first kappa shape index (κ1) is 9.20. The van der Waals surface area contributed by atoms with Crippen LogP contribution in [-0.2, 0) is 6.42 Å². The first-order chi connectivity index (χ1) is 7.38. The van der Waals surface area contributed by atoms with Gasteiger partial charge in [0.05, 0.1) is 11.9 Å². The van der Waals surface area contributed by atoms with Crippen molar-refractivity contribution in [2.75, 3.05) is 5.32 Å². The average Bonchev–Trinajstić information content (AvgIpc) is 2.45. The number of nitrogens with zero attached hydrogens (tertiary/aromatic N) is 1. The van der Waals surface area contributed by atoms with Gasteiger partial charge in [-0.05, 0) is 30.9 Å². The lowest BCUT2D eigenvalue weighted by atomic mass is 9.87. The van der Waals surface area contributed by atoms with Gasteiger partial charge in [-0.15, -0.1) is 0 Å². The maximum Gasteiger partial charge on any atom is 0.0564 e. The van der Waals surface area contributed by atoms with Crippen molar-refractivity contribution in [1.29, 1.82) is 0 Å². The Bertz CT molecular complexity index is 324. The quantitative estimate of drug-likeness (QED) is 0.699. The molecule has 15 heavy (non-hydrogen) atoms. The first-order valence-corrected chi connectivity index (χ1v) is 6.09. The second-order valence-electron chi connectivity index (χ2n) is 5.03. The Balaban J connectivity index is 1.86. The number of pyridine rings is 1. The predicted octanol–water partition coefficient (Wildman–Crippen LogP) is 3.14. The molecule has 2 heteroatoms. The molecular formula is C13H18N2. The Morgan fingerprint density at radius 1 is 1.13 bits per heavy atom. The van der Waals surface area contributed by atoms with Crippen LogP contribution in [0.25, 0.3) is 0 Å². The van der Waals surface area contributed by atoms with Crippen molar-refractivity contribution in [3.05, 3.63) is 24.0 Å². The van der Waals surface area contributed by atoms with E-state index in [4.69, 9.17) is 0 Å². The molecule has 1 aromatic heterocycles. The maximum atomic E-state index is 4.20. The monoisotopic (exact) mass is 202 g/mol. The molecule has 1 aliphatic carbocycles. The maximum absolute atomic E-state index is 4.20. The highest BCUT2D eigenvalue weighted by atomic mass is 15.0. The van der Waals surface area contributed by atoms with Crippen molar-refractivity contribution < 1.29 is 0 Å². The van der Waals surface area contributed by atoms with Crippen LogP contribution in [0.15, 0.2) is 18.5 Å². The second kappa shape index (κ2) is 3.51. The van der Waals surface area contributed by atoms with Crippen LogP contribution in [0.2, 0.25) is 0 Å².